The maximum absolute atomic E-state index is 12.3. The van der Waals surface area contributed by atoms with E-state index in [9.17, 15) is 15.0 Å². The number of nitrogens with zero attached hydrogens (tertiary/aromatic N) is 1. The molecule has 19 heavy (non-hydrogen) atoms. The van der Waals surface area contributed by atoms with Gasteiger partial charge >= 0.3 is 0 Å². The number of β-amino-alcohol motifs (C(OH)–C–C–N with tert-alkyl or cyclic N) is 2. The van der Waals surface area contributed by atoms with Crippen LogP contribution in [0.2, 0.25) is 0 Å². The van der Waals surface area contributed by atoms with Gasteiger partial charge < -0.3 is 15.1 Å². The first-order valence-corrected chi connectivity index (χ1v) is 7.65. The summed E-state index contributed by atoms with van der Waals surface area (Å²) >= 11 is 1.55. The number of hydrogen-bond donors (Lipinski definition) is 2. The monoisotopic (exact) mass is 283 g/mol. The van der Waals surface area contributed by atoms with Crippen LogP contribution in [0, 0.1) is 0 Å². The summed E-state index contributed by atoms with van der Waals surface area (Å²) in [5, 5.41) is 19.0. The number of aryl methyl sites for hydroxylation is 2. The second-order valence-corrected chi connectivity index (χ2v) is 6.14. The summed E-state index contributed by atoms with van der Waals surface area (Å²) in [4.78, 5) is 15.9. The molecule has 1 aromatic heterocycles. The van der Waals surface area contributed by atoms with Crippen LogP contribution in [0.1, 0.15) is 40.4 Å². The lowest BCUT2D eigenvalue weighted by Gasteiger charge is -2.13. The quantitative estimate of drug-likeness (QED) is 0.879. The number of carbonyl (C=O) groups excluding carboxylic acids is 1. The van der Waals surface area contributed by atoms with Gasteiger partial charge in [0.1, 0.15) is 0 Å². The Balaban J connectivity index is 2.15. The summed E-state index contributed by atoms with van der Waals surface area (Å²) < 4.78 is 0. The lowest BCUT2D eigenvalue weighted by Crippen LogP contribution is -2.29. The van der Waals surface area contributed by atoms with Crippen molar-refractivity contribution in [1.82, 2.24) is 4.90 Å². The first-order valence-electron chi connectivity index (χ1n) is 6.83. The highest BCUT2D eigenvalue weighted by molar-refractivity contribution is 7.14. The van der Waals surface area contributed by atoms with Crippen molar-refractivity contribution in [2.45, 2.75) is 45.3 Å². The fourth-order valence-electron chi connectivity index (χ4n) is 2.40. The van der Waals surface area contributed by atoms with E-state index in [4.69, 9.17) is 0 Å². The van der Waals surface area contributed by atoms with Crippen molar-refractivity contribution in [3.05, 3.63) is 21.4 Å². The van der Waals surface area contributed by atoms with E-state index < -0.39 is 12.2 Å². The van der Waals surface area contributed by atoms with Crippen molar-refractivity contribution in [2.75, 3.05) is 13.1 Å². The van der Waals surface area contributed by atoms with Gasteiger partial charge in [0.15, 0.2) is 0 Å². The van der Waals surface area contributed by atoms with E-state index in [1.165, 1.54) is 15.3 Å². The molecule has 0 spiro atoms. The third-order valence-electron chi connectivity index (χ3n) is 3.51. The number of likely N-dealkylation sites (tertiary alicyclic amines) is 1. The summed E-state index contributed by atoms with van der Waals surface area (Å²) in [5.41, 5.74) is 1.25. The van der Waals surface area contributed by atoms with Crippen LogP contribution in [0.5, 0.6) is 0 Å². The number of carbonyl (C=O) groups is 1. The van der Waals surface area contributed by atoms with Gasteiger partial charge in [0.05, 0.1) is 17.1 Å². The molecule has 0 aromatic carbocycles. The van der Waals surface area contributed by atoms with Crippen molar-refractivity contribution in [1.29, 1.82) is 0 Å². The van der Waals surface area contributed by atoms with E-state index in [0.29, 0.717) is 0 Å². The largest absolute Gasteiger partial charge is 0.388 e. The number of hydrogen-bond acceptors (Lipinski definition) is 4. The Bertz CT molecular complexity index is 448. The van der Waals surface area contributed by atoms with Crippen LogP contribution < -0.4 is 0 Å². The van der Waals surface area contributed by atoms with E-state index in [1.54, 1.807) is 11.3 Å². The Hall–Kier alpha value is -0.910. The fourth-order valence-corrected chi connectivity index (χ4v) is 3.72. The molecular formula is C14H21NO3S. The lowest BCUT2D eigenvalue weighted by molar-refractivity contribution is 0.0572. The maximum atomic E-state index is 12.3. The van der Waals surface area contributed by atoms with E-state index in [1.807, 2.05) is 6.07 Å². The first kappa shape index (κ1) is 14.5. The Kier molecular flexibility index (Phi) is 4.60. The maximum Gasteiger partial charge on any atom is 0.264 e. The summed E-state index contributed by atoms with van der Waals surface area (Å²) in [6.07, 6.45) is 1.38. The van der Waals surface area contributed by atoms with Crippen molar-refractivity contribution >= 4 is 17.2 Å². The van der Waals surface area contributed by atoms with Crippen LogP contribution >= 0.6 is 11.3 Å². The third kappa shape index (κ3) is 2.99. The highest BCUT2D eigenvalue weighted by atomic mass is 32.1. The van der Waals surface area contributed by atoms with Gasteiger partial charge in [-0.15, -0.1) is 11.3 Å². The molecule has 0 radical (unpaired) electrons. The molecule has 1 aliphatic rings. The van der Waals surface area contributed by atoms with Crippen LogP contribution in [0.4, 0.5) is 0 Å². The predicted octanol–water partition coefficient (Wildman–Crippen LogP) is 1.44. The standard InChI is InChI=1S/C14H21NO3S/c1-3-5-12-9(4-2)6-13(19-12)14(18)15-7-10(16)11(17)8-15/h6,10-11,16-17H,3-5,7-8H2,1-2H3. The highest BCUT2D eigenvalue weighted by Crippen LogP contribution is 2.26. The summed E-state index contributed by atoms with van der Waals surface area (Å²) in [7, 11) is 0. The van der Waals surface area contributed by atoms with Gasteiger partial charge in [-0.25, -0.2) is 0 Å². The molecule has 1 aromatic rings. The van der Waals surface area contributed by atoms with Crippen LogP contribution in [-0.2, 0) is 12.8 Å². The molecule has 1 fully saturated rings. The molecule has 4 nitrogen and oxygen atoms in total. The van der Waals surface area contributed by atoms with E-state index in [2.05, 4.69) is 13.8 Å². The normalized spacial score (nSPS) is 23.1. The zero-order chi connectivity index (χ0) is 14.0. The zero-order valence-electron chi connectivity index (χ0n) is 11.4. The van der Waals surface area contributed by atoms with Crippen molar-refractivity contribution in [2.24, 2.45) is 0 Å². The SMILES string of the molecule is CCCc1sc(C(=O)N2CC(O)C(O)C2)cc1CC. The van der Waals surface area contributed by atoms with Crippen LogP contribution in [0.15, 0.2) is 6.07 Å². The third-order valence-corrected chi connectivity index (χ3v) is 4.74. The smallest absolute Gasteiger partial charge is 0.264 e. The molecule has 2 rings (SSSR count). The number of aliphatic hydroxyl groups excluding tert-OH is 2. The van der Waals surface area contributed by atoms with Crippen molar-refractivity contribution in [3.8, 4) is 0 Å². The van der Waals surface area contributed by atoms with E-state index >= 15 is 0 Å². The van der Waals surface area contributed by atoms with Crippen molar-refractivity contribution < 1.29 is 15.0 Å². The highest BCUT2D eigenvalue weighted by Gasteiger charge is 2.33. The number of aliphatic hydroxyl groups is 2. The number of amides is 1. The molecule has 0 saturated carbocycles. The van der Waals surface area contributed by atoms with Gasteiger partial charge in [0, 0.05) is 18.0 Å². The number of rotatable bonds is 4. The molecule has 106 valence electrons. The zero-order valence-corrected chi connectivity index (χ0v) is 12.2. The summed E-state index contributed by atoms with van der Waals surface area (Å²) in [6.45, 7) is 4.68. The second kappa shape index (κ2) is 6.03. The Labute approximate surface area is 117 Å². The Morgan fingerprint density at radius 3 is 2.53 bits per heavy atom. The molecule has 1 saturated heterocycles. The first-order chi connectivity index (χ1) is 9.06. The Morgan fingerprint density at radius 2 is 2.00 bits per heavy atom. The molecule has 2 unspecified atom stereocenters. The van der Waals surface area contributed by atoms with Crippen LogP contribution in [0.3, 0.4) is 0 Å². The molecule has 5 heteroatoms. The fraction of sp³-hybridized carbons (Fsp3) is 0.643. The van der Waals surface area contributed by atoms with Gasteiger partial charge in [0.2, 0.25) is 0 Å². The second-order valence-electron chi connectivity index (χ2n) is 5.01. The Morgan fingerprint density at radius 1 is 1.37 bits per heavy atom. The minimum Gasteiger partial charge on any atom is -0.388 e. The van der Waals surface area contributed by atoms with Gasteiger partial charge in [-0.3, -0.25) is 4.79 Å². The van der Waals surface area contributed by atoms with Gasteiger partial charge in [-0.2, -0.15) is 0 Å². The van der Waals surface area contributed by atoms with Gasteiger partial charge in [-0.1, -0.05) is 20.3 Å². The van der Waals surface area contributed by atoms with Crippen molar-refractivity contribution in [3.63, 3.8) is 0 Å². The van der Waals surface area contributed by atoms with Gasteiger partial charge in [0.25, 0.3) is 5.91 Å². The molecule has 0 bridgehead atoms. The number of thiophene rings is 1. The van der Waals surface area contributed by atoms with Gasteiger partial charge in [-0.05, 0) is 24.5 Å². The molecule has 2 atom stereocenters. The predicted molar refractivity (Wildman–Crippen MR) is 75.6 cm³/mol. The minimum absolute atomic E-state index is 0.0716. The average molecular weight is 283 g/mol. The minimum atomic E-state index is -0.815. The lowest BCUT2D eigenvalue weighted by atomic mass is 10.1. The molecule has 0 aliphatic carbocycles. The van der Waals surface area contributed by atoms with Crippen LogP contribution in [-0.4, -0.2) is 46.3 Å². The molecule has 1 aliphatic heterocycles. The molecule has 1 amide bonds. The summed E-state index contributed by atoms with van der Waals surface area (Å²) in [6, 6.07) is 1.97. The average Bonchev–Trinajstić information content (AvgIpc) is 2.94. The topological polar surface area (TPSA) is 60.8 Å². The molecular weight excluding hydrogens is 262 g/mol. The molecule has 2 N–H and O–H groups in total. The van der Waals surface area contributed by atoms with Crippen LogP contribution in [0.25, 0.3) is 0 Å². The molecule has 2 heterocycles. The van der Waals surface area contributed by atoms with E-state index in [-0.39, 0.29) is 19.0 Å². The van der Waals surface area contributed by atoms with E-state index in [0.717, 1.165) is 24.1 Å². The summed E-state index contributed by atoms with van der Waals surface area (Å²) in [5.74, 6) is -0.0716.